The third-order valence-electron chi connectivity index (χ3n) is 6.44. The smallest absolute Gasteiger partial charge is 0.268 e. The van der Waals surface area contributed by atoms with Crippen molar-refractivity contribution in [2.24, 2.45) is 5.92 Å². The minimum absolute atomic E-state index is 0.151. The number of rotatable bonds is 10. The Hall–Kier alpha value is -3.32. The van der Waals surface area contributed by atoms with Crippen LogP contribution in [0.25, 0.3) is 10.9 Å². The van der Waals surface area contributed by atoms with Gasteiger partial charge in [-0.2, -0.15) is 0 Å². The molecule has 1 atom stereocenters. The summed E-state index contributed by atoms with van der Waals surface area (Å²) in [4.78, 5) is 31.4. The van der Waals surface area contributed by atoms with E-state index in [-0.39, 0.29) is 17.6 Å². The van der Waals surface area contributed by atoms with Crippen molar-refractivity contribution in [2.45, 2.75) is 51.7 Å². The number of aromatic amines is 1. The molecule has 4 rings (SSSR count). The van der Waals surface area contributed by atoms with Gasteiger partial charge in [-0.1, -0.05) is 37.1 Å². The molecule has 1 fully saturated rings. The molecule has 2 amide bonds. The second-order valence-electron chi connectivity index (χ2n) is 9.67. The number of nitrogens with one attached hydrogen (secondary N) is 3. The van der Waals surface area contributed by atoms with Crippen LogP contribution < -0.4 is 10.6 Å². The summed E-state index contributed by atoms with van der Waals surface area (Å²) in [7, 11) is 4.07. The zero-order valence-corrected chi connectivity index (χ0v) is 20.1. The molecule has 0 radical (unpaired) electrons. The van der Waals surface area contributed by atoms with Gasteiger partial charge in [0.25, 0.3) is 5.91 Å². The Morgan fingerprint density at radius 2 is 1.82 bits per heavy atom. The van der Waals surface area contributed by atoms with Crippen molar-refractivity contribution in [3.63, 3.8) is 0 Å². The number of H-pyrrole nitrogens is 1. The molecule has 0 bridgehead atoms. The fourth-order valence-corrected chi connectivity index (χ4v) is 4.29. The highest BCUT2D eigenvalue weighted by molar-refractivity contribution is 6.02. The minimum atomic E-state index is -0.597. The summed E-state index contributed by atoms with van der Waals surface area (Å²) in [5.41, 5.74) is 4.19. The van der Waals surface area contributed by atoms with Crippen LogP contribution in [0.4, 0.5) is 0 Å². The van der Waals surface area contributed by atoms with Crippen LogP contribution in [0, 0.1) is 12.8 Å². The van der Waals surface area contributed by atoms with E-state index in [1.807, 2.05) is 33.2 Å². The maximum atomic E-state index is 13.1. The number of aryl methyl sites for hydroxylation is 1. The van der Waals surface area contributed by atoms with E-state index in [1.165, 1.54) is 18.4 Å². The first-order valence-corrected chi connectivity index (χ1v) is 11.9. The molecule has 34 heavy (non-hydrogen) atoms. The summed E-state index contributed by atoms with van der Waals surface area (Å²) in [6, 6.07) is 12.6. The third kappa shape index (κ3) is 5.97. The van der Waals surface area contributed by atoms with Crippen molar-refractivity contribution >= 4 is 22.7 Å². The Morgan fingerprint density at radius 1 is 1.12 bits per heavy atom. The fraction of sp³-hybridized carbons (Fsp3) is 0.407. The number of nitrogens with zero attached hydrogens (tertiary/aromatic N) is 1. The molecule has 1 heterocycles. The van der Waals surface area contributed by atoms with Crippen LogP contribution in [0.1, 0.15) is 52.9 Å². The third-order valence-corrected chi connectivity index (χ3v) is 6.44. The van der Waals surface area contributed by atoms with Crippen molar-refractivity contribution in [2.75, 3.05) is 14.1 Å². The highest BCUT2D eigenvalue weighted by Gasteiger charge is 2.27. The second kappa shape index (κ2) is 10.3. The molecule has 2 aromatic carbocycles. The van der Waals surface area contributed by atoms with Crippen molar-refractivity contribution in [3.8, 4) is 5.75 Å². The van der Waals surface area contributed by atoms with Crippen LogP contribution >= 0.6 is 0 Å². The Morgan fingerprint density at radius 3 is 2.50 bits per heavy atom. The summed E-state index contributed by atoms with van der Waals surface area (Å²) < 4.78 is 0. The van der Waals surface area contributed by atoms with Gasteiger partial charge in [-0.25, -0.2) is 0 Å². The van der Waals surface area contributed by atoms with E-state index in [2.05, 4.69) is 32.7 Å². The summed E-state index contributed by atoms with van der Waals surface area (Å²) >= 11 is 0. The van der Waals surface area contributed by atoms with E-state index in [0.29, 0.717) is 24.6 Å². The van der Waals surface area contributed by atoms with Crippen LogP contribution in [-0.2, 0) is 17.9 Å². The zero-order chi connectivity index (χ0) is 24.2. The Kier molecular flexibility index (Phi) is 7.22. The van der Waals surface area contributed by atoms with Crippen molar-refractivity contribution in [3.05, 3.63) is 64.8 Å². The molecule has 0 spiro atoms. The Labute approximate surface area is 200 Å². The first-order chi connectivity index (χ1) is 16.3. The maximum absolute atomic E-state index is 13.1. The number of hydrogen-bond donors (Lipinski definition) is 4. The summed E-state index contributed by atoms with van der Waals surface area (Å²) in [5.74, 6) is 0.335. The van der Waals surface area contributed by atoms with E-state index in [1.54, 1.807) is 18.2 Å². The van der Waals surface area contributed by atoms with E-state index >= 15 is 0 Å². The molecule has 7 heteroatoms. The topological polar surface area (TPSA) is 97.5 Å². The number of aromatic hydroxyl groups is 1. The first kappa shape index (κ1) is 23.8. The van der Waals surface area contributed by atoms with Gasteiger partial charge >= 0.3 is 0 Å². The number of amides is 2. The molecule has 1 aliphatic carbocycles. The van der Waals surface area contributed by atoms with Gasteiger partial charge < -0.3 is 25.6 Å². The molecule has 3 aromatic rings. The lowest BCUT2D eigenvalue weighted by atomic mass is 10.1. The molecule has 1 aromatic heterocycles. The Bertz CT molecular complexity index is 1160. The molecular formula is C27H34N4O3. The average Bonchev–Trinajstić information content (AvgIpc) is 3.58. The number of aromatic nitrogens is 1. The standard InChI is InChI=1S/C27H34N4O3/c1-17-22-14-21(32)11-13-23(22)29-25(17)27(34)30-24(12-10-18-4-5-18)26(33)28-15-19-6-8-20(9-7-19)16-31(2)3/h6-9,11,13-14,18,24,29,32H,4-5,10,12,15-16H2,1-3H3,(H,28,33)(H,30,34). The second-order valence-corrected chi connectivity index (χ2v) is 9.67. The zero-order valence-electron chi connectivity index (χ0n) is 20.1. The van der Waals surface area contributed by atoms with Gasteiger partial charge in [0.2, 0.25) is 5.91 Å². The number of carbonyl (C=O) groups excluding carboxylic acids is 2. The number of fused-ring (bicyclic) bond motifs is 1. The molecule has 1 aliphatic rings. The lowest BCUT2D eigenvalue weighted by Gasteiger charge is -2.19. The normalized spacial score (nSPS) is 14.4. The molecule has 4 N–H and O–H groups in total. The molecule has 1 saturated carbocycles. The predicted octanol–water partition coefficient (Wildman–Crippen LogP) is 3.85. The largest absolute Gasteiger partial charge is 0.508 e. The van der Waals surface area contributed by atoms with Crippen molar-refractivity contribution in [1.29, 1.82) is 0 Å². The van der Waals surface area contributed by atoms with Gasteiger partial charge in [-0.15, -0.1) is 0 Å². The molecular weight excluding hydrogens is 428 g/mol. The van der Waals surface area contributed by atoms with Gasteiger partial charge in [0.15, 0.2) is 0 Å². The van der Waals surface area contributed by atoms with Gasteiger partial charge in [-0.05, 0) is 74.7 Å². The highest BCUT2D eigenvalue weighted by Crippen LogP contribution is 2.34. The quantitative estimate of drug-likeness (QED) is 0.368. The van der Waals surface area contributed by atoms with Crippen LogP contribution in [0.15, 0.2) is 42.5 Å². The number of benzene rings is 2. The van der Waals surface area contributed by atoms with Gasteiger partial charge in [-0.3, -0.25) is 9.59 Å². The summed E-state index contributed by atoms with van der Waals surface area (Å²) in [5, 5.41) is 16.5. The van der Waals surface area contributed by atoms with Crippen LogP contribution in [0.2, 0.25) is 0 Å². The molecule has 0 saturated heterocycles. The highest BCUT2D eigenvalue weighted by atomic mass is 16.3. The summed E-state index contributed by atoms with van der Waals surface area (Å²) in [6.45, 7) is 3.13. The van der Waals surface area contributed by atoms with Gasteiger partial charge in [0.1, 0.15) is 17.5 Å². The lowest BCUT2D eigenvalue weighted by molar-refractivity contribution is -0.123. The fourth-order valence-electron chi connectivity index (χ4n) is 4.29. The lowest BCUT2D eigenvalue weighted by Crippen LogP contribution is -2.46. The maximum Gasteiger partial charge on any atom is 0.268 e. The van der Waals surface area contributed by atoms with Crippen LogP contribution in [0.5, 0.6) is 5.75 Å². The van der Waals surface area contributed by atoms with Gasteiger partial charge in [0, 0.05) is 24.0 Å². The predicted molar refractivity (Wildman–Crippen MR) is 134 cm³/mol. The first-order valence-electron chi connectivity index (χ1n) is 11.9. The van der Waals surface area contributed by atoms with E-state index in [0.717, 1.165) is 35.0 Å². The molecule has 180 valence electrons. The van der Waals surface area contributed by atoms with Crippen LogP contribution in [-0.4, -0.2) is 46.9 Å². The van der Waals surface area contributed by atoms with Crippen molar-refractivity contribution in [1.82, 2.24) is 20.5 Å². The average molecular weight is 463 g/mol. The number of carbonyl (C=O) groups is 2. The monoisotopic (exact) mass is 462 g/mol. The number of hydrogen-bond acceptors (Lipinski definition) is 4. The molecule has 1 unspecified atom stereocenters. The van der Waals surface area contributed by atoms with Crippen LogP contribution in [0.3, 0.4) is 0 Å². The number of phenols is 1. The molecule has 7 nitrogen and oxygen atoms in total. The van der Waals surface area contributed by atoms with Crippen molar-refractivity contribution < 1.29 is 14.7 Å². The van der Waals surface area contributed by atoms with Gasteiger partial charge in [0.05, 0.1) is 0 Å². The number of phenolic OH excluding ortho intramolecular Hbond substituents is 1. The van der Waals surface area contributed by atoms with E-state index in [4.69, 9.17) is 0 Å². The Balaban J connectivity index is 1.42. The SMILES string of the molecule is Cc1c(C(=O)NC(CCC2CC2)C(=O)NCc2ccc(CN(C)C)cc2)[nH]c2ccc(O)cc12. The van der Waals surface area contributed by atoms with E-state index < -0.39 is 6.04 Å². The minimum Gasteiger partial charge on any atom is -0.508 e. The van der Waals surface area contributed by atoms with E-state index in [9.17, 15) is 14.7 Å². The summed E-state index contributed by atoms with van der Waals surface area (Å²) in [6.07, 6.45) is 3.94. The molecule has 0 aliphatic heterocycles.